The Bertz CT molecular complexity index is 494. The maximum atomic E-state index is 9.58. The summed E-state index contributed by atoms with van der Waals surface area (Å²) < 4.78 is 3.09. The van der Waals surface area contributed by atoms with Gasteiger partial charge in [-0.2, -0.15) is 0 Å². The molecule has 84 valence electrons. The van der Waals surface area contributed by atoms with E-state index in [-0.39, 0.29) is 5.75 Å². The highest BCUT2D eigenvalue weighted by Gasteiger charge is 2.03. The first kappa shape index (κ1) is 11.1. The highest BCUT2D eigenvalue weighted by atomic mass is 79.9. The largest absolute Gasteiger partial charge is 0.506 e. The second-order valence-electron chi connectivity index (χ2n) is 3.58. The summed E-state index contributed by atoms with van der Waals surface area (Å²) in [7, 11) is 1.99. The SMILES string of the molecule is Cn1c(Br)ccc1CNc1ccccc1O. The Morgan fingerprint density at radius 3 is 2.62 bits per heavy atom. The number of anilines is 1. The van der Waals surface area contributed by atoms with Crippen LogP contribution >= 0.6 is 15.9 Å². The van der Waals surface area contributed by atoms with Crippen LogP contribution in [0.1, 0.15) is 5.69 Å². The van der Waals surface area contributed by atoms with E-state index in [0.717, 1.165) is 16.0 Å². The highest BCUT2D eigenvalue weighted by molar-refractivity contribution is 9.10. The molecule has 0 atom stereocenters. The molecule has 1 aromatic heterocycles. The number of aromatic nitrogens is 1. The van der Waals surface area contributed by atoms with Gasteiger partial charge in [0.15, 0.2) is 0 Å². The molecule has 0 saturated carbocycles. The van der Waals surface area contributed by atoms with Gasteiger partial charge in [-0.3, -0.25) is 0 Å². The van der Waals surface area contributed by atoms with Crippen LogP contribution in [0.25, 0.3) is 0 Å². The van der Waals surface area contributed by atoms with E-state index in [1.165, 1.54) is 0 Å². The molecule has 0 aliphatic heterocycles. The van der Waals surface area contributed by atoms with E-state index in [0.29, 0.717) is 6.54 Å². The molecule has 1 aromatic carbocycles. The maximum Gasteiger partial charge on any atom is 0.138 e. The minimum Gasteiger partial charge on any atom is -0.506 e. The van der Waals surface area contributed by atoms with Crippen molar-refractivity contribution < 1.29 is 5.11 Å². The molecule has 0 radical (unpaired) electrons. The lowest BCUT2D eigenvalue weighted by molar-refractivity contribution is 0.477. The van der Waals surface area contributed by atoms with Crippen molar-refractivity contribution in [2.24, 2.45) is 7.05 Å². The van der Waals surface area contributed by atoms with E-state index >= 15 is 0 Å². The van der Waals surface area contributed by atoms with Crippen molar-refractivity contribution in [3.05, 3.63) is 46.7 Å². The van der Waals surface area contributed by atoms with Crippen LogP contribution in [-0.2, 0) is 13.6 Å². The third-order valence-corrected chi connectivity index (χ3v) is 3.32. The van der Waals surface area contributed by atoms with Crippen molar-refractivity contribution in [3.8, 4) is 5.75 Å². The molecule has 0 amide bonds. The van der Waals surface area contributed by atoms with Crippen LogP contribution in [0.5, 0.6) is 5.75 Å². The van der Waals surface area contributed by atoms with Crippen molar-refractivity contribution in [2.75, 3.05) is 5.32 Å². The summed E-state index contributed by atoms with van der Waals surface area (Å²) in [5.74, 6) is 0.274. The van der Waals surface area contributed by atoms with E-state index in [1.54, 1.807) is 12.1 Å². The number of para-hydroxylation sites is 2. The van der Waals surface area contributed by atoms with Crippen molar-refractivity contribution in [3.63, 3.8) is 0 Å². The van der Waals surface area contributed by atoms with Gasteiger partial charge in [-0.15, -0.1) is 0 Å². The molecular weight excluding hydrogens is 268 g/mol. The molecule has 16 heavy (non-hydrogen) atoms. The summed E-state index contributed by atoms with van der Waals surface area (Å²) in [5, 5.41) is 12.8. The number of nitrogens with one attached hydrogen (secondary N) is 1. The van der Waals surface area contributed by atoms with E-state index in [2.05, 4.69) is 21.2 Å². The fourth-order valence-corrected chi connectivity index (χ4v) is 1.87. The second kappa shape index (κ2) is 4.61. The normalized spacial score (nSPS) is 10.4. The minimum absolute atomic E-state index is 0.274. The molecule has 4 heteroatoms. The Kier molecular flexibility index (Phi) is 3.19. The van der Waals surface area contributed by atoms with E-state index in [9.17, 15) is 5.11 Å². The van der Waals surface area contributed by atoms with Gasteiger partial charge in [-0.1, -0.05) is 12.1 Å². The van der Waals surface area contributed by atoms with Gasteiger partial charge in [-0.25, -0.2) is 0 Å². The van der Waals surface area contributed by atoms with Crippen molar-refractivity contribution >= 4 is 21.6 Å². The van der Waals surface area contributed by atoms with E-state index in [1.807, 2.05) is 35.9 Å². The number of phenols is 1. The van der Waals surface area contributed by atoms with Gasteiger partial charge in [0, 0.05) is 12.7 Å². The van der Waals surface area contributed by atoms with Crippen LogP contribution in [0.15, 0.2) is 41.0 Å². The lowest BCUT2D eigenvalue weighted by atomic mass is 10.3. The molecule has 2 rings (SSSR count). The Balaban J connectivity index is 2.08. The number of nitrogens with zero attached hydrogens (tertiary/aromatic N) is 1. The zero-order valence-corrected chi connectivity index (χ0v) is 10.5. The van der Waals surface area contributed by atoms with Gasteiger partial charge >= 0.3 is 0 Å². The lowest BCUT2D eigenvalue weighted by Crippen LogP contribution is -2.04. The standard InChI is InChI=1S/C12H13BrN2O/c1-15-9(6-7-12(15)13)8-14-10-4-2-3-5-11(10)16/h2-7,14,16H,8H2,1H3. The van der Waals surface area contributed by atoms with Crippen LogP contribution < -0.4 is 5.32 Å². The molecule has 0 unspecified atom stereocenters. The number of benzene rings is 1. The van der Waals surface area contributed by atoms with Crippen molar-refractivity contribution in [1.82, 2.24) is 4.57 Å². The minimum atomic E-state index is 0.274. The van der Waals surface area contributed by atoms with Gasteiger partial charge < -0.3 is 15.0 Å². The van der Waals surface area contributed by atoms with Gasteiger partial charge in [0.2, 0.25) is 0 Å². The summed E-state index contributed by atoms with van der Waals surface area (Å²) in [5.41, 5.74) is 1.90. The Labute approximate surface area is 103 Å². The predicted molar refractivity (Wildman–Crippen MR) is 68.5 cm³/mol. The average Bonchev–Trinajstić information content (AvgIpc) is 2.59. The van der Waals surface area contributed by atoms with Gasteiger partial charge in [0.05, 0.1) is 16.8 Å². The third-order valence-electron chi connectivity index (χ3n) is 2.53. The van der Waals surface area contributed by atoms with Gasteiger partial charge in [0.1, 0.15) is 5.75 Å². The molecule has 2 N–H and O–H groups in total. The lowest BCUT2D eigenvalue weighted by Gasteiger charge is -2.09. The third kappa shape index (κ3) is 2.22. The molecule has 0 saturated heterocycles. The summed E-state index contributed by atoms with van der Waals surface area (Å²) in [6.07, 6.45) is 0. The first-order valence-corrected chi connectivity index (χ1v) is 5.80. The molecule has 1 heterocycles. The quantitative estimate of drug-likeness (QED) is 0.848. The number of hydrogen-bond donors (Lipinski definition) is 2. The Hall–Kier alpha value is -1.42. The molecule has 3 nitrogen and oxygen atoms in total. The topological polar surface area (TPSA) is 37.2 Å². The average molecular weight is 281 g/mol. The summed E-state index contributed by atoms with van der Waals surface area (Å²) in [4.78, 5) is 0. The maximum absolute atomic E-state index is 9.58. The molecule has 0 aliphatic carbocycles. The summed E-state index contributed by atoms with van der Waals surface area (Å²) >= 11 is 3.44. The number of hydrogen-bond acceptors (Lipinski definition) is 2. The first-order chi connectivity index (χ1) is 7.68. The molecule has 0 spiro atoms. The first-order valence-electron chi connectivity index (χ1n) is 5.00. The highest BCUT2D eigenvalue weighted by Crippen LogP contribution is 2.22. The summed E-state index contributed by atoms with van der Waals surface area (Å²) in [6, 6.07) is 11.3. The monoisotopic (exact) mass is 280 g/mol. The van der Waals surface area contributed by atoms with Crippen LogP contribution in [0, 0.1) is 0 Å². The van der Waals surface area contributed by atoms with Crippen molar-refractivity contribution in [1.29, 1.82) is 0 Å². The zero-order valence-electron chi connectivity index (χ0n) is 8.94. The molecule has 0 bridgehead atoms. The number of rotatable bonds is 3. The fourth-order valence-electron chi connectivity index (χ4n) is 1.51. The van der Waals surface area contributed by atoms with Gasteiger partial charge in [0.25, 0.3) is 0 Å². The Morgan fingerprint density at radius 1 is 1.25 bits per heavy atom. The van der Waals surface area contributed by atoms with E-state index < -0.39 is 0 Å². The predicted octanol–water partition coefficient (Wildman–Crippen LogP) is 3.11. The molecule has 2 aromatic rings. The van der Waals surface area contributed by atoms with Crippen molar-refractivity contribution in [2.45, 2.75) is 6.54 Å². The number of halogens is 1. The molecule has 0 aliphatic rings. The van der Waals surface area contributed by atoms with E-state index in [4.69, 9.17) is 0 Å². The van der Waals surface area contributed by atoms with Crippen LogP contribution in [0.2, 0.25) is 0 Å². The zero-order chi connectivity index (χ0) is 11.5. The van der Waals surface area contributed by atoms with Gasteiger partial charge in [-0.05, 0) is 40.2 Å². The van der Waals surface area contributed by atoms with Crippen LogP contribution in [0.4, 0.5) is 5.69 Å². The smallest absolute Gasteiger partial charge is 0.138 e. The van der Waals surface area contributed by atoms with Crippen LogP contribution in [0.3, 0.4) is 0 Å². The number of phenolic OH excluding ortho intramolecular Hbond substituents is 1. The van der Waals surface area contributed by atoms with Crippen LogP contribution in [-0.4, -0.2) is 9.67 Å². The summed E-state index contributed by atoms with van der Waals surface area (Å²) in [6.45, 7) is 0.680. The number of aromatic hydroxyl groups is 1. The molecular formula is C12H13BrN2O. The second-order valence-corrected chi connectivity index (χ2v) is 4.39. The molecule has 0 fully saturated rings. The Morgan fingerprint density at radius 2 is 2.00 bits per heavy atom. The fraction of sp³-hybridized carbons (Fsp3) is 0.167.